The molecule has 3 heteroatoms. The second kappa shape index (κ2) is 6.46. The molecule has 1 aromatic carbocycles. The lowest BCUT2D eigenvalue weighted by atomic mass is 9.93. The molecule has 0 saturated heterocycles. The minimum Gasteiger partial charge on any atom is -0.396 e. The number of nitrogens with zero attached hydrogens (tertiary/aromatic N) is 2. The number of aromatic nitrogens is 1. The number of hydrogen-bond donors (Lipinski definition) is 0. The Kier molecular flexibility index (Phi) is 3.96. The molecular formula is C23H25BN2. The zero-order chi connectivity index (χ0) is 17.5. The molecular weight excluding hydrogens is 315 g/mol. The minimum absolute atomic E-state index is 1.14. The van der Waals surface area contributed by atoms with Gasteiger partial charge in [-0.2, -0.15) is 0 Å². The largest absolute Gasteiger partial charge is 0.396 e. The van der Waals surface area contributed by atoms with Crippen LogP contribution >= 0.6 is 0 Å². The standard InChI is InChI=1S/C23H25BN2/c24-26-21-13-7-5-11-18(21)15-22(26)23(16-8-2-1-3-9-16)20-14-17-10-4-6-12-19(17)25-20/h1-3,8-9,14-15H,4-7,10-13,24H2/b23-20-. The van der Waals surface area contributed by atoms with Gasteiger partial charge in [0.15, 0.2) is 0 Å². The molecule has 1 fully saturated rings. The van der Waals surface area contributed by atoms with Crippen molar-refractivity contribution in [1.29, 1.82) is 0 Å². The van der Waals surface area contributed by atoms with Gasteiger partial charge in [0.05, 0.1) is 5.70 Å². The molecule has 0 N–H and O–H groups in total. The monoisotopic (exact) mass is 340 g/mol. The summed E-state index contributed by atoms with van der Waals surface area (Å²) in [5.41, 5.74) is 10.9. The van der Waals surface area contributed by atoms with E-state index in [1.807, 2.05) is 0 Å². The van der Waals surface area contributed by atoms with Crippen LogP contribution in [0.25, 0.3) is 5.57 Å². The van der Waals surface area contributed by atoms with Gasteiger partial charge in [0.25, 0.3) is 0 Å². The Morgan fingerprint density at radius 1 is 0.923 bits per heavy atom. The van der Waals surface area contributed by atoms with Gasteiger partial charge in [-0.25, -0.2) is 0 Å². The van der Waals surface area contributed by atoms with Crippen LogP contribution in [0.15, 0.2) is 58.7 Å². The number of fused-ring (bicyclic) bond motifs is 2. The normalized spacial score (nSPS) is 20.9. The van der Waals surface area contributed by atoms with Crippen molar-refractivity contribution < 1.29 is 0 Å². The van der Waals surface area contributed by atoms with E-state index in [9.17, 15) is 0 Å². The van der Waals surface area contributed by atoms with Crippen LogP contribution < -0.4 is 0 Å². The van der Waals surface area contributed by atoms with E-state index in [4.69, 9.17) is 4.99 Å². The molecule has 0 radical (unpaired) electrons. The molecule has 130 valence electrons. The maximum Gasteiger partial charge on any atom is 0.223 e. The van der Waals surface area contributed by atoms with Crippen LogP contribution in [0.2, 0.25) is 0 Å². The molecule has 0 spiro atoms. The molecule has 0 unspecified atom stereocenters. The smallest absolute Gasteiger partial charge is 0.223 e. The van der Waals surface area contributed by atoms with Crippen LogP contribution in [-0.2, 0) is 12.8 Å². The van der Waals surface area contributed by atoms with Crippen molar-refractivity contribution in [1.82, 2.24) is 4.48 Å². The first-order valence-corrected chi connectivity index (χ1v) is 10.1. The van der Waals surface area contributed by atoms with Crippen LogP contribution in [0.5, 0.6) is 0 Å². The van der Waals surface area contributed by atoms with Crippen molar-refractivity contribution in [3.63, 3.8) is 0 Å². The highest BCUT2D eigenvalue weighted by atomic mass is 14.9. The fourth-order valence-electron chi connectivity index (χ4n) is 4.80. The summed E-state index contributed by atoms with van der Waals surface area (Å²) in [5.74, 6) is 0. The zero-order valence-corrected chi connectivity index (χ0v) is 15.6. The van der Waals surface area contributed by atoms with Gasteiger partial charge in [-0.1, -0.05) is 30.3 Å². The van der Waals surface area contributed by atoms with Crippen LogP contribution in [-0.4, -0.2) is 18.2 Å². The zero-order valence-electron chi connectivity index (χ0n) is 15.6. The van der Waals surface area contributed by atoms with Crippen LogP contribution in [0, 0.1) is 0 Å². The van der Waals surface area contributed by atoms with Crippen LogP contribution in [0.3, 0.4) is 0 Å². The van der Waals surface area contributed by atoms with Crippen molar-refractivity contribution in [3.05, 3.63) is 76.3 Å². The maximum atomic E-state index is 5.10. The Hall–Kier alpha value is -2.29. The Balaban J connectivity index is 1.72. The van der Waals surface area contributed by atoms with E-state index >= 15 is 0 Å². The number of allylic oxidation sites excluding steroid dienone is 2. The number of aliphatic imine (C=N–C) groups is 1. The average Bonchev–Trinajstić information content (AvgIpc) is 3.25. The van der Waals surface area contributed by atoms with Gasteiger partial charge >= 0.3 is 0 Å². The number of rotatable bonds is 2. The third-order valence-corrected chi connectivity index (χ3v) is 6.18. The van der Waals surface area contributed by atoms with Gasteiger partial charge in [0.1, 0.15) is 0 Å². The third kappa shape index (κ3) is 2.61. The highest BCUT2D eigenvalue weighted by Crippen LogP contribution is 2.37. The van der Waals surface area contributed by atoms with E-state index in [0.717, 1.165) is 6.42 Å². The summed E-state index contributed by atoms with van der Waals surface area (Å²) in [6, 6.07) is 13.3. The first-order chi connectivity index (χ1) is 12.8. The fourth-order valence-corrected chi connectivity index (χ4v) is 4.80. The lowest BCUT2D eigenvalue weighted by Crippen LogP contribution is -2.08. The quantitative estimate of drug-likeness (QED) is 0.718. The van der Waals surface area contributed by atoms with Crippen molar-refractivity contribution in [2.75, 3.05) is 0 Å². The van der Waals surface area contributed by atoms with Crippen LogP contribution in [0.4, 0.5) is 0 Å². The Bertz CT molecular complexity index is 920. The summed E-state index contributed by atoms with van der Waals surface area (Å²) in [5, 5.41) is 0. The van der Waals surface area contributed by atoms with Crippen molar-refractivity contribution in [2.24, 2.45) is 4.99 Å². The summed E-state index contributed by atoms with van der Waals surface area (Å²) in [7, 11) is 2.24. The fraction of sp³-hybridized carbons (Fsp3) is 0.348. The molecule has 2 nitrogen and oxygen atoms in total. The SMILES string of the molecule is Bn1c(/C(=C2/C=C3CCCCC3=N2)c2ccccc2)cc2c1CCCC2. The molecule has 2 heterocycles. The number of hydrogen-bond acceptors (Lipinski definition) is 1. The highest BCUT2D eigenvalue weighted by molar-refractivity contribution is 6.10. The first kappa shape index (κ1) is 15.9. The van der Waals surface area contributed by atoms with E-state index in [1.54, 1.807) is 5.56 Å². The van der Waals surface area contributed by atoms with E-state index in [-0.39, 0.29) is 0 Å². The Labute approximate surface area is 156 Å². The van der Waals surface area contributed by atoms with Gasteiger partial charge < -0.3 is 4.48 Å². The molecule has 1 aliphatic heterocycles. The van der Waals surface area contributed by atoms with Gasteiger partial charge in [0.2, 0.25) is 7.98 Å². The van der Waals surface area contributed by atoms with Crippen molar-refractivity contribution >= 4 is 19.3 Å². The predicted molar refractivity (Wildman–Crippen MR) is 111 cm³/mol. The van der Waals surface area contributed by atoms with E-state index < -0.39 is 0 Å². The van der Waals surface area contributed by atoms with Crippen LogP contribution in [0.1, 0.15) is 61.0 Å². The Morgan fingerprint density at radius 2 is 1.69 bits per heavy atom. The lowest BCUT2D eigenvalue weighted by Gasteiger charge is -2.15. The van der Waals surface area contributed by atoms with E-state index in [1.165, 1.54) is 84.5 Å². The Morgan fingerprint density at radius 3 is 2.50 bits per heavy atom. The molecule has 1 aromatic heterocycles. The van der Waals surface area contributed by atoms with E-state index in [0.29, 0.717) is 0 Å². The third-order valence-electron chi connectivity index (χ3n) is 6.18. The molecule has 0 amide bonds. The summed E-state index contributed by atoms with van der Waals surface area (Å²) in [4.78, 5) is 5.10. The molecule has 1 saturated carbocycles. The highest BCUT2D eigenvalue weighted by Gasteiger charge is 2.24. The topological polar surface area (TPSA) is 17.3 Å². The van der Waals surface area contributed by atoms with Gasteiger partial charge in [-0.15, -0.1) is 0 Å². The molecule has 3 aliphatic rings. The summed E-state index contributed by atoms with van der Waals surface area (Å²) in [6.45, 7) is 0. The summed E-state index contributed by atoms with van der Waals surface area (Å²) in [6.07, 6.45) is 12.3. The molecule has 5 rings (SSSR count). The molecule has 2 aromatic rings. The van der Waals surface area contributed by atoms with Crippen molar-refractivity contribution in [2.45, 2.75) is 51.4 Å². The number of aryl methyl sites for hydroxylation is 1. The lowest BCUT2D eigenvalue weighted by molar-refractivity contribution is 0.671. The molecule has 2 aliphatic carbocycles. The predicted octanol–water partition coefficient (Wildman–Crippen LogP) is 4.48. The average molecular weight is 340 g/mol. The second-order valence-corrected chi connectivity index (χ2v) is 7.83. The van der Waals surface area contributed by atoms with Crippen molar-refractivity contribution in [3.8, 4) is 0 Å². The molecule has 0 atom stereocenters. The van der Waals surface area contributed by atoms with E-state index in [2.05, 4.69) is 54.9 Å². The number of benzene rings is 1. The van der Waals surface area contributed by atoms with Gasteiger partial charge in [0, 0.05) is 22.7 Å². The second-order valence-electron chi connectivity index (χ2n) is 7.83. The minimum atomic E-state index is 1.14. The molecule has 26 heavy (non-hydrogen) atoms. The molecule has 0 bridgehead atoms. The summed E-state index contributed by atoms with van der Waals surface area (Å²) >= 11 is 0. The first-order valence-electron chi connectivity index (χ1n) is 10.1. The van der Waals surface area contributed by atoms with Gasteiger partial charge in [-0.3, -0.25) is 4.99 Å². The summed E-state index contributed by atoms with van der Waals surface area (Å²) < 4.78 is 2.44. The van der Waals surface area contributed by atoms with Gasteiger partial charge in [-0.05, 0) is 80.2 Å². The maximum absolute atomic E-state index is 5.10.